The van der Waals surface area contributed by atoms with E-state index in [-0.39, 0.29) is 0 Å². The van der Waals surface area contributed by atoms with Crippen LogP contribution in [0.25, 0.3) is 0 Å². The molecule has 1 unspecified atom stereocenters. The molecule has 0 aliphatic rings. The Morgan fingerprint density at radius 2 is 1.71 bits per heavy atom. The number of methoxy groups -OCH3 is 1. The van der Waals surface area contributed by atoms with E-state index in [1.54, 1.807) is 7.11 Å². The monoisotopic (exact) mass is 284 g/mol. The van der Waals surface area contributed by atoms with Crippen LogP contribution in [0.15, 0.2) is 48.8 Å². The van der Waals surface area contributed by atoms with Gasteiger partial charge in [0.1, 0.15) is 5.75 Å². The van der Waals surface area contributed by atoms with Crippen LogP contribution in [0.1, 0.15) is 37.4 Å². The number of aromatic nitrogens is 1. The van der Waals surface area contributed by atoms with E-state index in [0.717, 1.165) is 18.6 Å². The second kappa shape index (κ2) is 7.79. The summed E-state index contributed by atoms with van der Waals surface area (Å²) >= 11 is 0. The van der Waals surface area contributed by atoms with Crippen molar-refractivity contribution in [1.29, 1.82) is 0 Å². The van der Waals surface area contributed by atoms with Gasteiger partial charge in [0.25, 0.3) is 0 Å². The molecule has 0 bridgehead atoms. The van der Waals surface area contributed by atoms with E-state index in [1.807, 2.05) is 24.5 Å². The van der Waals surface area contributed by atoms with Crippen LogP contribution in [0.3, 0.4) is 0 Å². The molecule has 2 aromatic rings. The van der Waals surface area contributed by atoms with E-state index in [2.05, 4.69) is 48.4 Å². The van der Waals surface area contributed by atoms with Gasteiger partial charge in [0, 0.05) is 24.5 Å². The predicted molar refractivity (Wildman–Crippen MR) is 86.6 cm³/mol. The first kappa shape index (κ1) is 15.5. The number of hydrogen-bond donors (Lipinski definition) is 1. The highest BCUT2D eigenvalue weighted by atomic mass is 16.5. The summed E-state index contributed by atoms with van der Waals surface area (Å²) in [6.07, 6.45) is 5.87. The highest BCUT2D eigenvalue weighted by Gasteiger charge is 2.09. The molecule has 2 atom stereocenters. The van der Waals surface area contributed by atoms with Crippen LogP contribution in [0.5, 0.6) is 5.75 Å². The van der Waals surface area contributed by atoms with Gasteiger partial charge in [0.2, 0.25) is 0 Å². The van der Waals surface area contributed by atoms with Gasteiger partial charge in [0.05, 0.1) is 7.11 Å². The lowest BCUT2D eigenvalue weighted by Crippen LogP contribution is -2.29. The third-order valence-corrected chi connectivity index (χ3v) is 3.77. The Labute approximate surface area is 127 Å². The largest absolute Gasteiger partial charge is 0.497 e. The molecule has 0 radical (unpaired) electrons. The number of nitrogens with zero attached hydrogens (tertiary/aromatic N) is 1. The van der Waals surface area contributed by atoms with Gasteiger partial charge < -0.3 is 10.1 Å². The first-order valence-corrected chi connectivity index (χ1v) is 7.48. The third kappa shape index (κ3) is 4.87. The summed E-state index contributed by atoms with van der Waals surface area (Å²) < 4.78 is 5.18. The first-order chi connectivity index (χ1) is 10.2. The minimum absolute atomic E-state index is 0.346. The summed E-state index contributed by atoms with van der Waals surface area (Å²) in [6, 6.07) is 13.3. The van der Waals surface area contributed by atoms with Crippen LogP contribution in [0.2, 0.25) is 0 Å². The van der Waals surface area contributed by atoms with Gasteiger partial charge in [0.15, 0.2) is 0 Å². The van der Waals surface area contributed by atoms with Gasteiger partial charge in [-0.05, 0) is 62.1 Å². The second-order valence-electron chi connectivity index (χ2n) is 5.46. The molecule has 0 saturated heterocycles. The number of rotatable bonds is 7. The van der Waals surface area contributed by atoms with Crippen molar-refractivity contribution in [3.05, 3.63) is 59.9 Å². The standard InChI is InChI=1S/C18H24N2O/c1-14(20-15(2)17-10-12-19-13-11-17)4-5-16-6-8-18(21-3)9-7-16/h6-15,20H,4-5H2,1-3H3/t14?,15-/m0/s1. The Morgan fingerprint density at radius 3 is 2.33 bits per heavy atom. The molecule has 0 fully saturated rings. The van der Waals surface area contributed by atoms with Crippen LogP contribution in [-0.4, -0.2) is 18.1 Å². The fourth-order valence-electron chi connectivity index (χ4n) is 2.43. The average Bonchev–Trinajstić information content (AvgIpc) is 2.54. The summed E-state index contributed by atoms with van der Waals surface area (Å²) in [7, 11) is 1.70. The second-order valence-corrected chi connectivity index (χ2v) is 5.46. The minimum Gasteiger partial charge on any atom is -0.497 e. The van der Waals surface area contributed by atoms with Gasteiger partial charge in [-0.3, -0.25) is 4.98 Å². The van der Waals surface area contributed by atoms with E-state index in [1.165, 1.54) is 11.1 Å². The van der Waals surface area contributed by atoms with Gasteiger partial charge in [-0.2, -0.15) is 0 Å². The van der Waals surface area contributed by atoms with Crippen LogP contribution in [0, 0.1) is 0 Å². The smallest absolute Gasteiger partial charge is 0.118 e. The van der Waals surface area contributed by atoms with Gasteiger partial charge in [-0.25, -0.2) is 0 Å². The lowest BCUT2D eigenvalue weighted by atomic mass is 10.0. The van der Waals surface area contributed by atoms with Crippen molar-refractivity contribution in [3.63, 3.8) is 0 Å². The van der Waals surface area contributed by atoms with E-state index in [0.29, 0.717) is 12.1 Å². The van der Waals surface area contributed by atoms with E-state index < -0.39 is 0 Å². The van der Waals surface area contributed by atoms with Crippen molar-refractivity contribution in [2.45, 2.75) is 38.8 Å². The number of benzene rings is 1. The zero-order valence-corrected chi connectivity index (χ0v) is 13.0. The Kier molecular flexibility index (Phi) is 5.76. The van der Waals surface area contributed by atoms with Crippen molar-refractivity contribution in [1.82, 2.24) is 10.3 Å². The molecule has 3 heteroatoms. The fraction of sp³-hybridized carbons (Fsp3) is 0.389. The molecule has 0 aliphatic heterocycles. The predicted octanol–water partition coefficient (Wildman–Crippen LogP) is 3.76. The zero-order chi connectivity index (χ0) is 15.1. The highest BCUT2D eigenvalue weighted by Crippen LogP contribution is 2.15. The fourth-order valence-corrected chi connectivity index (χ4v) is 2.43. The van der Waals surface area contributed by atoms with Gasteiger partial charge in [-0.1, -0.05) is 12.1 Å². The number of hydrogen-bond acceptors (Lipinski definition) is 3. The molecule has 1 aromatic heterocycles. The van der Waals surface area contributed by atoms with E-state index >= 15 is 0 Å². The Hall–Kier alpha value is -1.87. The Bertz CT molecular complexity index is 525. The molecule has 0 spiro atoms. The third-order valence-electron chi connectivity index (χ3n) is 3.77. The number of ether oxygens (including phenoxy) is 1. The molecule has 1 aromatic carbocycles. The van der Waals surface area contributed by atoms with Crippen LogP contribution < -0.4 is 10.1 Å². The van der Waals surface area contributed by atoms with Gasteiger partial charge in [-0.15, -0.1) is 0 Å². The molecule has 0 amide bonds. The molecule has 1 heterocycles. The summed E-state index contributed by atoms with van der Waals surface area (Å²) in [6.45, 7) is 4.43. The molecule has 1 N–H and O–H groups in total. The highest BCUT2D eigenvalue weighted by molar-refractivity contribution is 5.27. The van der Waals surface area contributed by atoms with Gasteiger partial charge >= 0.3 is 0 Å². The quantitative estimate of drug-likeness (QED) is 0.840. The molecular weight excluding hydrogens is 260 g/mol. The van der Waals surface area contributed by atoms with Crippen molar-refractivity contribution < 1.29 is 4.74 Å². The van der Waals surface area contributed by atoms with Crippen LogP contribution in [0.4, 0.5) is 0 Å². The molecule has 0 saturated carbocycles. The maximum Gasteiger partial charge on any atom is 0.118 e. The van der Waals surface area contributed by atoms with Crippen molar-refractivity contribution >= 4 is 0 Å². The van der Waals surface area contributed by atoms with Crippen LogP contribution in [-0.2, 0) is 6.42 Å². The summed E-state index contributed by atoms with van der Waals surface area (Å²) in [5.74, 6) is 0.913. The number of pyridine rings is 1. The maximum absolute atomic E-state index is 5.18. The Balaban J connectivity index is 1.80. The van der Waals surface area contributed by atoms with E-state index in [4.69, 9.17) is 4.74 Å². The topological polar surface area (TPSA) is 34.1 Å². The molecule has 0 aliphatic carbocycles. The first-order valence-electron chi connectivity index (χ1n) is 7.48. The summed E-state index contributed by atoms with van der Waals surface area (Å²) in [5.41, 5.74) is 2.63. The SMILES string of the molecule is COc1ccc(CCC(C)N[C@@H](C)c2ccncc2)cc1. The maximum atomic E-state index is 5.18. The lowest BCUT2D eigenvalue weighted by Gasteiger charge is -2.20. The molecule has 21 heavy (non-hydrogen) atoms. The van der Waals surface area contributed by atoms with E-state index in [9.17, 15) is 0 Å². The van der Waals surface area contributed by atoms with Crippen molar-refractivity contribution in [2.24, 2.45) is 0 Å². The molecule has 112 valence electrons. The molecule has 2 rings (SSSR count). The lowest BCUT2D eigenvalue weighted by molar-refractivity contribution is 0.414. The summed E-state index contributed by atoms with van der Waals surface area (Å²) in [5, 5.41) is 3.64. The number of nitrogens with one attached hydrogen (secondary N) is 1. The molecular formula is C18H24N2O. The zero-order valence-electron chi connectivity index (χ0n) is 13.0. The minimum atomic E-state index is 0.346. The van der Waals surface area contributed by atoms with Crippen LogP contribution >= 0.6 is 0 Å². The summed E-state index contributed by atoms with van der Waals surface area (Å²) in [4.78, 5) is 4.06. The Morgan fingerprint density at radius 1 is 1.05 bits per heavy atom. The number of aryl methyl sites for hydroxylation is 1. The normalized spacial score (nSPS) is 13.7. The molecule has 3 nitrogen and oxygen atoms in total. The van der Waals surface area contributed by atoms with Crippen molar-refractivity contribution in [2.75, 3.05) is 7.11 Å². The average molecular weight is 284 g/mol. The van der Waals surface area contributed by atoms with Crippen molar-refractivity contribution in [3.8, 4) is 5.75 Å².